The van der Waals surface area contributed by atoms with Gasteiger partial charge in [0.1, 0.15) is 22.8 Å². The second-order valence-electron chi connectivity index (χ2n) is 7.57. The first-order valence-corrected chi connectivity index (χ1v) is 10.3. The Morgan fingerprint density at radius 3 is 2.44 bits per heavy atom. The van der Waals surface area contributed by atoms with Crippen molar-refractivity contribution in [2.75, 3.05) is 11.9 Å². The lowest BCUT2D eigenvalue weighted by Gasteiger charge is -2.39. The summed E-state index contributed by atoms with van der Waals surface area (Å²) in [5.74, 6) is -3.27. The van der Waals surface area contributed by atoms with Crippen LogP contribution in [0.25, 0.3) is 0 Å². The number of amides is 2. The van der Waals surface area contributed by atoms with Gasteiger partial charge in [-0.3, -0.25) is 4.98 Å². The smallest absolute Gasteiger partial charge is 0.490 e. The third-order valence-electron chi connectivity index (χ3n) is 5.13. The standard InChI is InChI=1S/C21H18F2N4O2.C2HF3O2/c1-13-4-5-14(11-16(13)22)21(8-10-29-17-3-2-9-24-19(17)21)27-20(28)26-15-6-7-18(23)25-12-15;3-2(4,5)1(6)7/h2-7,9,11-12H,8,10H2,1H3,(H2,26,27,28);(H,6,7)/t21-;/m0./s1. The fourth-order valence-corrected chi connectivity index (χ4v) is 3.40. The van der Waals surface area contributed by atoms with Crippen LogP contribution in [0.15, 0.2) is 54.9 Å². The molecule has 0 saturated carbocycles. The molecule has 0 saturated heterocycles. The van der Waals surface area contributed by atoms with Gasteiger partial charge in [-0.1, -0.05) is 12.1 Å². The van der Waals surface area contributed by atoms with E-state index in [1.165, 1.54) is 18.3 Å². The fourth-order valence-electron chi connectivity index (χ4n) is 3.40. The Balaban J connectivity index is 0.000000454. The average molecular weight is 510 g/mol. The molecule has 4 rings (SSSR count). The van der Waals surface area contributed by atoms with Gasteiger partial charge in [-0.15, -0.1) is 0 Å². The number of aliphatic carboxylic acids is 1. The van der Waals surface area contributed by atoms with Crippen LogP contribution in [0.1, 0.15) is 23.2 Å². The Morgan fingerprint density at radius 1 is 1.11 bits per heavy atom. The molecule has 13 heteroatoms. The van der Waals surface area contributed by atoms with E-state index in [9.17, 15) is 26.7 Å². The van der Waals surface area contributed by atoms with Gasteiger partial charge in [-0.05, 0) is 48.4 Å². The van der Waals surface area contributed by atoms with Crippen molar-refractivity contribution in [2.45, 2.75) is 25.1 Å². The summed E-state index contributed by atoms with van der Waals surface area (Å²) < 4.78 is 64.8. The quantitative estimate of drug-likeness (QED) is 0.352. The van der Waals surface area contributed by atoms with Gasteiger partial charge in [0, 0.05) is 12.6 Å². The van der Waals surface area contributed by atoms with Gasteiger partial charge in [0.2, 0.25) is 5.95 Å². The lowest BCUT2D eigenvalue weighted by Crippen LogP contribution is -2.51. The molecule has 0 bridgehead atoms. The first kappa shape index (κ1) is 26.3. The van der Waals surface area contributed by atoms with Gasteiger partial charge < -0.3 is 20.5 Å². The maximum absolute atomic E-state index is 14.4. The molecular formula is C23H19F5N4O4. The third-order valence-corrected chi connectivity index (χ3v) is 5.13. The minimum atomic E-state index is -5.08. The van der Waals surface area contributed by atoms with E-state index in [0.717, 1.165) is 6.07 Å². The normalized spacial score (nSPS) is 16.5. The number of rotatable bonds is 3. The lowest BCUT2D eigenvalue weighted by atomic mass is 9.81. The van der Waals surface area contributed by atoms with E-state index in [2.05, 4.69) is 20.6 Å². The summed E-state index contributed by atoms with van der Waals surface area (Å²) in [6.07, 6.45) is -1.92. The van der Waals surface area contributed by atoms with E-state index in [1.807, 2.05) is 0 Å². The Hall–Kier alpha value is -4.29. The van der Waals surface area contributed by atoms with Crippen LogP contribution in [0.5, 0.6) is 5.75 Å². The van der Waals surface area contributed by atoms with Gasteiger partial charge in [0.15, 0.2) is 0 Å². The first-order chi connectivity index (χ1) is 16.9. The minimum absolute atomic E-state index is 0.312. The summed E-state index contributed by atoms with van der Waals surface area (Å²) in [6, 6.07) is 10.3. The molecule has 1 aromatic carbocycles. The summed E-state index contributed by atoms with van der Waals surface area (Å²) in [6.45, 7) is 1.98. The number of aryl methyl sites for hydroxylation is 1. The van der Waals surface area contributed by atoms with Crippen LogP contribution in [0, 0.1) is 18.7 Å². The molecule has 1 atom stereocenters. The predicted octanol–water partition coefficient (Wildman–Crippen LogP) is 4.54. The molecule has 0 radical (unpaired) electrons. The zero-order chi connectivity index (χ0) is 26.5. The molecule has 1 aliphatic heterocycles. The van der Waals surface area contributed by atoms with Crippen LogP contribution in [0.3, 0.4) is 0 Å². The number of aromatic nitrogens is 2. The van der Waals surface area contributed by atoms with Crippen molar-refractivity contribution in [3.63, 3.8) is 0 Å². The van der Waals surface area contributed by atoms with Gasteiger partial charge in [-0.2, -0.15) is 17.6 Å². The van der Waals surface area contributed by atoms with Gasteiger partial charge >= 0.3 is 18.2 Å². The second kappa shape index (κ2) is 10.5. The van der Waals surface area contributed by atoms with Crippen molar-refractivity contribution in [2.24, 2.45) is 0 Å². The molecule has 0 unspecified atom stereocenters. The molecule has 190 valence electrons. The number of urea groups is 1. The second-order valence-corrected chi connectivity index (χ2v) is 7.57. The van der Waals surface area contributed by atoms with E-state index < -0.39 is 29.7 Å². The summed E-state index contributed by atoms with van der Waals surface area (Å²) in [5, 5.41) is 12.7. The molecule has 8 nitrogen and oxygen atoms in total. The van der Waals surface area contributed by atoms with Crippen molar-refractivity contribution in [1.29, 1.82) is 0 Å². The first-order valence-electron chi connectivity index (χ1n) is 10.3. The zero-order valence-corrected chi connectivity index (χ0v) is 18.6. The van der Waals surface area contributed by atoms with Crippen LogP contribution in [-0.2, 0) is 10.3 Å². The van der Waals surface area contributed by atoms with E-state index >= 15 is 0 Å². The third kappa shape index (κ3) is 6.03. The van der Waals surface area contributed by atoms with E-state index in [1.54, 1.807) is 37.4 Å². The van der Waals surface area contributed by atoms with Gasteiger partial charge in [-0.25, -0.2) is 19.0 Å². The van der Waals surface area contributed by atoms with Crippen molar-refractivity contribution >= 4 is 17.7 Å². The Morgan fingerprint density at radius 2 is 1.83 bits per heavy atom. The molecule has 3 heterocycles. The molecule has 3 N–H and O–H groups in total. The number of anilines is 1. The number of nitrogens with one attached hydrogen (secondary N) is 2. The van der Waals surface area contributed by atoms with Gasteiger partial charge in [0.25, 0.3) is 0 Å². The summed E-state index contributed by atoms with van der Waals surface area (Å²) >= 11 is 0. The number of hydrogen-bond donors (Lipinski definition) is 3. The van der Waals surface area contributed by atoms with Gasteiger partial charge in [0.05, 0.1) is 18.5 Å². The Kier molecular flexibility index (Phi) is 7.71. The maximum atomic E-state index is 14.4. The molecule has 36 heavy (non-hydrogen) atoms. The number of benzene rings is 1. The van der Waals surface area contributed by atoms with Crippen LogP contribution in [0.4, 0.5) is 32.4 Å². The Bertz CT molecular complexity index is 1250. The number of carboxylic acid groups (broad SMARTS) is 1. The average Bonchev–Trinajstić information content (AvgIpc) is 2.82. The SMILES string of the molecule is Cc1ccc([C@@]2(NC(=O)Nc3ccc(F)nc3)CCOc3cccnc32)cc1F.O=C(O)C(F)(F)F. The van der Waals surface area contributed by atoms with E-state index in [-0.39, 0.29) is 5.82 Å². The highest BCUT2D eigenvalue weighted by Gasteiger charge is 2.43. The number of carboxylic acids is 1. The monoisotopic (exact) mass is 510 g/mol. The Labute approximate surface area is 201 Å². The van der Waals surface area contributed by atoms with E-state index in [0.29, 0.717) is 41.3 Å². The zero-order valence-electron chi connectivity index (χ0n) is 18.6. The molecule has 2 aromatic heterocycles. The van der Waals surface area contributed by atoms with Crippen molar-refractivity contribution in [3.8, 4) is 5.75 Å². The number of carbonyl (C=O) groups is 2. The van der Waals surface area contributed by atoms with Crippen molar-refractivity contribution in [1.82, 2.24) is 15.3 Å². The minimum Gasteiger partial charge on any atom is -0.491 e. The van der Waals surface area contributed by atoms with Crippen LogP contribution < -0.4 is 15.4 Å². The van der Waals surface area contributed by atoms with Crippen molar-refractivity contribution < 1.29 is 41.4 Å². The molecule has 3 aromatic rings. The molecule has 0 spiro atoms. The lowest BCUT2D eigenvalue weighted by molar-refractivity contribution is -0.192. The summed E-state index contributed by atoms with van der Waals surface area (Å²) in [7, 11) is 0. The molecule has 0 aliphatic carbocycles. The molecule has 0 fully saturated rings. The number of hydrogen-bond acceptors (Lipinski definition) is 5. The van der Waals surface area contributed by atoms with Crippen molar-refractivity contribution in [3.05, 3.63) is 83.4 Å². The molecule has 1 aliphatic rings. The van der Waals surface area contributed by atoms with Crippen LogP contribution in [-0.4, -0.2) is 39.9 Å². The van der Waals surface area contributed by atoms with E-state index in [4.69, 9.17) is 14.6 Å². The topological polar surface area (TPSA) is 113 Å². The number of carbonyl (C=O) groups excluding carboxylic acids is 1. The largest absolute Gasteiger partial charge is 0.491 e. The molecular weight excluding hydrogens is 491 g/mol. The number of fused-ring (bicyclic) bond motifs is 1. The van der Waals surface area contributed by atoms with Crippen LogP contribution >= 0.6 is 0 Å². The highest BCUT2D eigenvalue weighted by atomic mass is 19.4. The number of nitrogens with zero attached hydrogens (tertiary/aromatic N) is 2. The molecule has 2 amide bonds. The number of alkyl halides is 3. The number of pyridine rings is 2. The number of ether oxygens (including phenoxy) is 1. The number of halogens is 5. The maximum Gasteiger partial charge on any atom is 0.490 e. The highest BCUT2D eigenvalue weighted by molar-refractivity contribution is 5.90. The predicted molar refractivity (Wildman–Crippen MR) is 116 cm³/mol. The fraction of sp³-hybridized carbons (Fsp3) is 0.217. The van der Waals surface area contributed by atoms with Crippen LogP contribution in [0.2, 0.25) is 0 Å². The highest BCUT2D eigenvalue weighted by Crippen LogP contribution is 2.40. The summed E-state index contributed by atoms with van der Waals surface area (Å²) in [4.78, 5) is 29.6. The summed E-state index contributed by atoms with van der Waals surface area (Å²) in [5.41, 5.74) is 0.764.